The summed E-state index contributed by atoms with van der Waals surface area (Å²) in [5.41, 5.74) is 4.26. The molecular weight excluding hydrogens is 797 g/mol. The van der Waals surface area contributed by atoms with Crippen LogP contribution in [0.3, 0.4) is 0 Å². The number of amides is 4. The molecule has 328 valence electrons. The number of aromatic nitrogens is 2. The van der Waals surface area contributed by atoms with E-state index >= 15 is 0 Å². The van der Waals surface area contributed by atoms with Crippen molar-refractivity contribution in [1.29, 1.82) is 5.26 Å². The third-order valence-electron chi connectivity index (χ3n) is 13.9. The molecule has 0 bridgehead atoms. The van der Waals surface area contributed by atoms with E-state index in [4.69, 9.17) is 14.6 Å². The summed E-state index contributed by atoms with van der Waals surface area (Å²) in [5, 5.41) is 24.1. The van der Waals surface area contributed by atoms with Crippen molar-refractivity contribution in [2.45, 2.75) is 78.0 Å². The molecule has 9 rings (SSSR count). The van der Waals surface area contributed by atoms with Crippen LogP contribution in [0.4, 0.5) is 16.2 Å². The van der Waals surface area contributed by atoms with Gasteiger partial charge in [0.1, 0.15) is 17.9 Å². The first-order valence-electron chi connectivity index (χ1n) is 22.0. The Balaban J connectivity index is 0.00000177. The van der Waals surface area contributed by atoms with Crippen LogP contribution in [0.1, 0.15) is 81.8 Å². The Labute approximate surface area is 367 Å². The van der Waals surface area contributed by atoms with Crippen molar-refractivity contribution in [1.82, 2.24) is 25.1 Å². The molecule has 63 heavy (non-hydrogen) atoms. The van der Waals surface area contributed by atoms with E-state index in [9.17, 15) is 19.6 Å². The number of carboxylic acid groups (broad SMARTS) is 1. The Hall–Kier alpha value is -6.46. The van der Waals surface area contributed by atoms with Crippen LogP contribution >= 0.6 is 0 Å². The van der Waals surface area contributed by atoms with Crippen LogP contribution in [-0.2, 0) is 9.59 Å². The molecule has 14 nitrogen and oxygen atoms in total. The molecule has 1 saturated carbocycles. The molecule has 5 heterocycles. The molecule has 0 spiro atoms. The normalized spacial score (nSPS) is 21.4. The Morgan fingerprint density at radius 2 is 1.63 bits per heavy atom. The van der Waals surface area contributed by atoms with Crippen molar-refractivity contribution >= 4 is 57.5 Å². The third-order valence-corrected chi connectivity index (χ3v) is 13.9. The lowest BCUT2D eigenvalue weighted by molar-refractivity contribution is -0.163. The molecule has 4 aliphatic rings. The minimum Gasteiger partial charge on any atom is -0.488 e. The number of benzene rings is 3. The summed E-state index contributed by atoms with van der Waals surface area (Å²) in [6.07, 6.45) is 8.46. The summed E-state index contributed by atoms with van der Waals surface area (Å²) in [7, 11) is 0. The summed E-state index contributed by atoms with van der Waals surface area (Å²) >= 11 is 0. The van der Waals surface area contributed by atoms with E-state index < -0.39 is 0 Å². The number of hydrogen-bond donors (Lipinski definition) is 3. The molecule has 3 N–H and O–H groups in total. The smallest absolute Gasteiger partial charge is 0.328 e. The Kier molecular flexibility index (Phi) is 12.2. The maximum atomic E-state index is 13.7. The maximum absolute atomic E-state index is 13.7. The number of nitrogens with zero attached hydrogens (tertiary/aromatic N) is 6. The molecule has 5 aromatic rings. The van der Waals surface area contributed by atoms with Gasteiger partial charge in [-0.25, -0.2) is 4.79 Å². The van der Waals surface area contributed by atoms with Gasteiger partial charge in [-0.2, -0.15) is 5.26 Å². The van der Waals surface area contributed by atoms with Crippen LogP contribution in [0.2, 0.25) is 0 Å². The first-order valence-corrected chi connectivity index (χ1v) is 22.0. The number of nitriles is 1. The molecule has 0 radical (unpaired) electrons. The van der Waals surface area contributed by atoms with Crippen molar-refractivity contribution in [3.8, 4) is 11.8 Å². The van der Waals surface area contributed by atoms with Crippen LogP contribution < -0.4 is 25.2 Å². The largest absolute Gasteiger partial charge is 0.488 e. The minimum atomic E-state index is -0.349. The number of pyridine rings is 1. The van der Waals surface area contributed by atoms with Gasteiger partial charge in [-0.15, -0.1) is 0 Å². The van der Waals surface area contributed by atoms with Gasteiger partial charge in [0, 0.05) is 103 Å². The summed E-state index contributed by atoms with van der Waals surface area (Å²) in [5.74, 6) is 1.05. The molecular formula is C49H56N8O6. The second-order valence-corrected chi connectivity index (χ2v) is 18.5. The topological polar surface area (TPSA) is 173 Å². The van der Waals surface area contributed by atoms with Crippen LogP contribution in [0.15, 0.2) is 85.2 Å². The molecule has 1 aliphatic carbocycles. The van der Waals surface area contributed by atoms with Crippen molar-refractivity contribution in [2.24, 2.45) is 16.7 Å². The predicted octanol–water partition coefficient (Wildman–Crippen LogP) is 7.37. The highest BCUT2D eigenvalue weighted by atomic mass is 16.5. The second-order valence-electron chi connectivity index (χ2n) is 18.5. The highest BCUT2D eigenvalue weighted by Gasteiger charge is 2.64. The van der Waals surface area contributed by atoms with Gasteiger partial charge in [0.15, 0.2) is 0 Å². The highest BCUT2D eigenvalue weighted by Crippen LogP contribution is 2.56. The molecule has 3 saturated heterocycles. The number of ether oxygens (including phenoxy) is 1. The second kappa shape index (κ2) is 17.7. The average molecular weight is 853 g/mol. The third kappa shape index (κ3) is 8.42. The molecule has 0 atom stereocenters. The van der Waals surface area contributed by atoms with Gasteiger partial charge in [0.25, 0.3) is 12.4 Å². The number of piperidine rings is 2. The lowest BCUT2D eigenvalue weighted by atomic mass is 9.49. The summed E-state index contributed by atoms with van der Waals surface area (Å²) < 4.78 is 9.06. The van der Waals surface area contributed by atoms with Crippen molar-refractivity contribution in [3.63, 3.8) is 0 Å². The fraction of sp³-hybridized carbons (Fsp3) is 0.429. The van der Waals surface area contributed by atoms with E-state index in [1.54, 1.807) is 17.2 Å². The van der Waals surface area contributed by atoms with Crippen LogP contribution in [0.25, 0.3) is 21.8 Å². The van der Waals surface area contributed by atoms with E-state index in [-0.39, 0.29) is 47.3 Å². The molecule has 0 unspecified atom stereocenters. The number of rotatable bonds is 9. The maximum Gasteiger partial charge on any atom is 0.328 e. The van der Waals surface area contributed by atoms with E-state index in [0.717, 1.165) is 86.1 Å². The van der Waals surface area contributed by atoms with Gasteiger partial charge in [0.05, 0.1) is 22.3 Å². The van der Waals surface area contributed by atoms with E-state index in [1.165, 1.54) is 0 Å². The fourth-order valence-electron chi connectivity index (χ4n) is 10.9. The zero-order valence-corrected chi connectivity index (χ0v) is 36.4. The van der Waals surface area contributed by atoms with E-state index in [2.05, 4.69) is 94.2 Å². The molecule has 14 heteroatoms. The first kappa shape index (κ1) is 43.2. The summed E-state index contributed by atoms with van der Waals surface area (Å²) in [6, 6.07) is 25.9. The quantitative estimate of drug-likeness (QED) is 0.127. The first-order chi connectivity index (χ1) is 30.3. The van der Waals surface area contributed by atoms with E-state index in [1.807, 2.05) is 42.5 Å². The fourth-order valence-corrected chi connectivity index (χ4v) is 10.9. The number of carbonyl (C=O) groups excluding carboxylic acids is 3. The zero-order valence-electron chi connectivity index (χ0n) is 36.4. The zero-order chi connectivity index (χ0) is 44.5. The minimum absolute atomic E-state index is 0.0819. The molecule has 2 aromatic heterocycles. The van der Waals surface area contributed by atoms with Gasteiger partial charge < -0.3 is 29.5 Å². The molecule has 3 aromatic carbocycles. The van der Waals surface area contributed by atoms with Crippen molar-refractivity contribution < 1.29 is 29.0 Å². The van der Waals surface area contributed by atoms with E-state index in [0.29, 0.717) is 47.3 Å². The Morgan fingerprint density at radius 1 is 0.921 bits per heavy atom. The number of urea groups is 1. The highest BCUT2D eigenvalue weighted by molar-refractivity contribution is 6.09. The Morgan fingerprint density at radius 3 is 2.32 bits per heavy atom. The standard InChI is InChI=1S/C48H54N8O4.CH2O2/c1-47(2)44(48(3,4)45(47)60-40-15-12-33(29-49)42-37(40)7-6-22-50-42)52-43(58)32-10-13-34(14-11-32)54-25-16-31(17-26-54)30-53-23-18-35(19-24-53)55-27-20-36-38(55)8-5-9-39(36)56-28-21-41(57)51-46(56)59;2-1-3/h5-15,20,22,27,31,35,44-45H,16-19,21,23-26,28,30H2,1-4H3,(H,52,58)(H,51,57,59);1H,(H,2,3). The Bertz CT molecular complexity index is 2530. The lowest BCUT2D eigenvalue weighted by Crippen LogP contribution is -2.74. The number of fused-ring (bicyclic) bond motifs is 2. The number of nitrogens with one attached hydrogen (secondary N) is 2. The average Bonchev–Trinajstić information content (AvgIpc) is 3.73. The number of likely N-dealkylation sites (tertiary alicyclic amines) is 1. The monoisotopic (exact) mass is 852 g/mol. The van der Waals surface area contributed by atoms with Crippen LogP contribution in [0.5, 0.6) is 5.75 Å². The molecule has 4 amide bonds. The summed E-state index contributed by atoms with van der Waals surface area (Å²) in [4.78, 5) is 57.5. The molecule has 3 aliphatic heterocycles. The predicted molar refractivity (Wildman–Crippen MR) is 242 cm³/mol. The number of carbonyl (C=O) groups is 4. The van der Waals surface area contributed by atoms with Gasteiger partial charge in [-0.05, 0) is 98.3 Å². The van der Waals surface area contributed by atoms with Gasteiger partial charge in [-0.3, -0.25) is 29.6 Å². The van der Waals surface area contributed by atoms with Gasteiger partial charge in [-0.1, -0.05) is 33.8 Å². The molecule has 4 fully saturated rings. The van der Waals surface area contributed by atoms with Crippen LogP contribution in [0, 0.1) is 28.1 Å². The van der Waals surface area contributed by atoms with Gasteiger partial charge in [0.2, 0.25) is 5.91 Å². The summed E-state index contributed by atoms with van der Waals surface area (Å²) in [6.45, 7) is 14.0. The number of imide groups is 1. The lowest BCUT2D eigenvalue weighted by Gasteiger charge is -2.63. The van der Waals surface area contributed by atoms with Crippen LogP contribution in [-0.4, -0.2) is 95.3 Å². The number of anilines is 2. The number of hydrogen-bond acceptors (Lipinski definition) is 9. The SMILES string of the molecule is CC1(C)C(NC(=O)c2ccc(N3CCC(CN4CCC(n5ccc6c(N7CCC(=O)NC7=O)cccc65)CC4)CC3)cc2)C(C)(C)C1Oc1ccc(C#N)c2ncccc12.O=CO. The van der Waals surface area contributed by atoms with Crippen molar-refractivity contribution in [3.05, 3.63) is 96.3 Å². The van der Waals surface area contributed by atoms with Crippen molar-refractivity contribution in [2.75, 3.05) is 49.1 Å². The van der Waals surface area contributed by atoms with Gasteiger partial charge >= 0.3 is 6.03 Å².